The van der Waals surface area contributed by atoms with E-state index in [0.717, 1.165) is 18.3 Å². The number of aromatic nitrogens is 1. The van der Waals surface area contributed by atoms with E-state index in [1.54, 1.807) is 0 Å². The maximum Gasteiger partial charge on any atom is 0.416 e. The van der Waals surface area contributed by atoms with Crippen LogP contribution in [0.3, 0.4) is 0 Å². The van der Waals surface area contributed by atoms with Crippen LogP contribution in [0.2, 0.25) is 0 Å². The Labute approximate surface area is 136 Å². The van der Waals surface area contributed by atoms with E-state index in [9.17, 15) is 18.0 Å². The van der Waals surface area contributed by atoms with Gasteiger partial charge in [0.2, 0.25) is 5.88 Å². The second-order valence-corrected chi connectivity index (χ2v) is 4.74. The van der Waals surface area contributed by atoms with Gasteiger partial charge < -0.3 is 14.2 Å². The number of ether oxygens (including phenoxy) is 3. The SMILES string of the molecule is COC(=O)C(C)Oc1ccc(Oc2cc(C(F)(F)F)ccn2)cc1. The summed E-state index contributed by atoms with van der Waals surface area (Å²) in [4.78, 5) is 15.0. The Morgan fingerprint density at radius 2 is 1.75 bits per heavy atom. The number of benzene rings is 1. The molecule has 1 aromatic heterocycles. The Morgan fingerprint density at radius 1 is 1.12 bits per heavy atom. The van der Waals surface area contributed by atoms with Gasteiger partial charge in [-0.2, -0.15) is 13.2 Å². The summed E-state index contributed by atoms with van der Waals surface area (Å²) in [6.07, 6.45) is -4.23. The number of esters is 1. The average molecular weight is 341 g/mol. The average Bonchev–Trinajstić information content (AvgIpc) is 2.55. The number of hydrogen-bond acceptors (Lipinski definition) is 5. The van der Waals surface area contributed by atoms with E-state index in [1.165, 1.54) is 38.3 Å². The highest BCUT2D eigenvalue weighted by molar-refractivity contribution is 5.74. The lowest BCUT2D eigenvalue weighted by molar-refractivity contribution is -0.148. The zero-order chi connectivity index (χ0) is 17.7. The highest BCUT2D eigenvalue weighted by Gasteiger charge is 2.31. The summed E-state index contributed by atoms with van der Waals surface area (Å²) in [5.74, 6) is -0.0398. The molecule has 1 atom stereocenters. The van der Waals surface area contributed by atoms with Crippen molar-refractivity contribution in [2.45, 2.75) is 19.2 Å². The van der Waals surface area contributed by atoms with Gasteiger partial charge in [0.05, 0.1) is 12.7 Å². The van der Waals surface area contributed by atoms with Crippen LogP contribution in [0.25, 0.3) is 0 Å². The van der Waals surface area contributed by atoms with Gasteiger partial charge in [-0.05, 0) is 37.3 Å². The molecule has 1 heterocycles. The van der Waals surface area contributed by atoms with Crippen LogP contribution < -0.4 is 9.47 Å². The smallest absolute Gasteiger partial charge is 0.416 e. The molecule has 0 saturated heterocycles. The summed E-state index contributed by atoms with van der Waals surface area (Å²) in [6, 6.07) is 7.68. The van der Waals surface area contributed by atoms with Gasteiger partial charge in [0.1, 0.15) is 11.5 Å². The maximum atomic E-state index is 12.6. The Morgan fingerprint density at radius 3 is 2.33 bits per heavy atom. The van der Waals surface area contributed by atoms with Gasteiger partial charge in [0.25, 0.3) is 0 Å². The fourth-order valence-corrected chi connectivity index (χ4v) is 1.77. The molecule has 2 rings (SSSR count). The molecular formula is C16H14F3NO4. The van der Waals surface area contributed by atoms with Crippen molar-refractivity contribution in [2.24, 2.45) is 0 Å². The monoisotopic (exact) mass is 341 g/mol. The largest absolute Gasteiger partial charge is 0.479 e. The fraction of sp³-hybridized carbons (Fsp3) is 0.250. The molecule has 0 aliphatic rings. The predicted octanol–water partition coefficient (Wildman–Crippen LogP) is 3.83. The Kier molecular flexibility index (Phi) is 5.28. The van der Waals surface area contributed by atoms with Crippen molar-refractivity contribution in [3.8, 4) is 17.4 Å². The minimum Gasteiger partial charge on any atom is -0.479 e. The first-order valence-corrected chi connectivity index (χ1v) is 6.85. The van der Waals surface area contributed by atoms with Crippen LogP contribution in [0.5, 0.6) is 17.4 Å². The first-order valence-electron chi connectivity index (χ1n) is 6.85. The van der Waals surface area contributed by atoms with Crippen LogP contribution in [-0.2, 0) is 15.7 Å². The van der Waals surface area contributed by atoms with Crippen molar-refractivity contribution in [1.29, 1.82) is 0 Å². The number of nitrogens with zero attached hydrogens (tertiary/aromatic N) is 1. The maximum absolute atomic E-state index is 12.6. The minimum atomic E-state index is -4.47. The molecule has 0 amide bonds. The third kappa shape index (κ3) is 4.61. The van der Waals surface area contributed by atoms with Crippen LogP contribution in [-0.4, -0.2) is 24.2 Å². The predicted molar refractivity (Wildman–Crippen MR) is 77.9 cm³/mol. The Bertz CT molecular complexity index is 701. The summed E-state index contributed by atoms with van der Waals surface area (Å²) in [7, 11) is 1.25. The highest BCUT2D eigenvalue weighted by atomic mass is 19.4. The van der Waals surface area contributed by atoms with E-state index >= 15 is 0 Å². The van der Waals surface area contributed by atoms with Crippen LogP contribution in [0.1, 0.15) is 12.5 Å². The summed E-state index contributed by atoms with van der Waals surface area (Å²) in [6.45, 7) is 1.53. The molecule has 1 unspecified atom stereocenters. The highest BCUT2D eigenvalue weighted by Crippen LogP contribution is 2.31. The lowest BCUT2D eigenvalue weighted by Gasteiger charge is -2.13. The second-order valence-electron chi connectivity index (χ2n) is 4.74. The van der Waals surface area contributed by atoms with Gasteiger partial charge in [-0.15, -0.1) is 0 Å². The molecule has 5 nitrogen and oxygen atoms in total. The molecule has 1 aromatic carbocycles. The molecule has 0 fully saturated rings. The molecule has 0 aliphatic heterocycles. The third-order valence-corrected chi connectivity index (χ3v) is 2.95. The van der Waals surface area contributed by atoms with Crippen molar-refractivity contribution >= 4 is 5.97 Å². The van der Waals surface area contributed by atoms with Crippen LogP contribution in [0, 0.1) is 0 Å². The summed E-state index contributed by atoms with van der Waals surface area (Å²) >= 11 is 0. The topological polar surface area (TPSA) is 57.7 Å². The Balaban J connectivity index is 2.05. The molecule has 0 radical (unpaired) electrons. The van der Waals surface area contributed by atoms with Crippen molar-refractivity contribution in [3.05, 3.63) is 48.2 Å². The minimum absolute atomic E-state index is 0.179. The van der Waals surface area contributed by atoms with E-state index in [-0.39, 0.29) is 11.6 Å². The second kappa shape index (κ2) is 7.20. The number of rotatable bonds is 5. The van der Waals surface area contributed by atoms with Crippen molar-refractivity contribution < 1.29 is 32.2 Å². The molecule has 2 aromatic rings. The normalized spacial score (nSPS) is 12.4. The van der Waals surface area contributed by atoms with E-state index in [2.05, 4.69) is 9.72 Å². The molecule has 0 bridgehead atoms. The van der Waals surface area contributed by atoms with Gasteiger partial charge in [-0.25, -0.2) is 9.78 Å². The van der Waals surface area contributed by atoms with Gasteiger partial charge in [-0.3, -0.25) is 0 Å². The number of alkyl halides is 3. The van der Waals surface area contributed by atoms with Gasteiger partial charge in [0, 0.05) is 12.3 Å². The molecule has 8 heteroatoms. The van der Waals surface area contributed by atoms with Gasteiger partial charge in [-0.1, -0.05) is 0 Å². The van der Waals surface area contributed by atoms with Gasteiger partial charge >= 0.3 is 12.1 Å². The van der Waals surface area contributed by atoms with Crippen LogP contribution in [0.15, 0.2) is 42.6 Å². The summed E-state index contributed by atoms with van der Waals surface area (Å²) in [5, 5.41) is 0. The molecule has 0 saturated carbocycles. The number of carbonyl (C=O) groups is 1. The Hall–Kier alpha value is -2.77. The number of carbonyl (C=O) groups excluding carboxylic acids is 1. The molecular weight excluding hydrogens is 327 g/mol. The third-order valence-electron chi connectivity index (χ3n) is 2.95. The fourth-order valence-electron chi connectivity index (χ4n) is 1.77. The summed E-state index contributed by atoms with van der Waals surface area (Å²) < 4.78 is 53.1. The number of pyridine rings is 1. The number of hydrogen-bond donors (Lipinski definition) is 0. The quantitative estimate of drug-likeness (QED) is 0.774. The number of halogens is 3. The van der Waals surface area contributed by atoms with E-state index in [4.69, 9.17) is 9.47 Å². The van der Waals surface area contributed by atoms with Crippen LogP contribution in [0.4, 0.5) is 13.2 Å². The van der Waals surface area contributed by atoms with Crippen molar-refractivity contribution in [2.75, 3.05) is 7.11 Å². The first-order chi connectivity index (χ1) is 11.3. The lowest BCUT2D eigenvalue weighted by Crippen LogP contribution is -2.24. The van der Waals surface area contributed by atoms with Crippen LogP contribution >= 0.6 is 0 Å². The van der Waals surface area contributed by atoms with E-state index in [1.807, 2.05) is 0 Å². The zero-order valence-electron chi connectivity index (χ0n) is 12.8. The van der Waals surface area contributed by atoms with E-state index in [0.29, 0.717) is 5.75 Å². The van der Waals surface area contributed by atoms with Gasteiger partial charge in [0.15, 0.2) is 6.10 Å². The molecule has 0 spiro atoms. The molecule has 128 valence electrons. The number of methoxy groups -OCH3 is 1. The molecule has 0 aliphatic carbocycles. The molecule has 0 N–H and O–H groups in total. The standard InChI is InChI=1S/C16H14F3NO4/c1-10(15(21)22-2)23-12-3-5-13(6-4-12)24-14-9-11(7-8-20-14)16(17,18)19/h3-10H,1-2H3. The summed E-state index contributed by atoms with van der Waals surface area (Å²) in [5.41, 5.74) is -0.848. The van der Waals surface area contributed by atoms with Crippen molar-refractivity contribution in [1.82, 2.24) is 4.98 Å². The van der Waals surface area contributed by atoms with E-state index < -0.39 is 23.8 Å². The lowest BCUT2D eigenvalue weighted by atomic mass is 10.2. The van der Waals surface area contributed by atoms with Crippen molar-refractivity contribution in [3.63, 3.8) is 0 Å². The first kappa shape index (κ1) is 17.6. The zero-order valence-corrected chi connectivity index (χ0v) is 12.8. The molecule has 24 heavy (non-hydrogen) atoms.